The van der Waals surface area contributed by atoms with Crippen LogP contribution in [0.1, 0.15) is 73.6 Å². The second-order valence-corrected chi connectivity index (χ2v) is 8.99. The molecule has 0 bridgehead atoms. The number of carbonyl (C=O) groups excluding carboxylic acids is 6. The van der Waals surface area contributed by atoms with E-state index >= 15 is 0 Å². The van der Waals surface area contributed by atoms with E-state index in [0.29, 0.717) is 10.1 Å². The number of imide groups is 2. The molecule has 0 N–H and O–H groups in total. The second-order valence-electron chi connectivity index (χ2n) is 8.99. The van der Waals surface area contributed by atoms with Gasteiger partial charge in [-0.1, -0.05) is 20.8 Å². The minimum atomic E-state index is -0.719. The van der Waals surface area contributed by atoms with Gasteiger partial charge in [-0.2, -0.15) is 0 Å². The van der Waals surface area contributed by atoms with Crippen LogP contribution < -0.4 is 0 Å². The van der Waals surface area contributed by atoms with Crippen molar-refractivity contribution in [2.45, 2.75) is 73.6 Å². The SMILES string of the molecule is CC(C)(C)C(=O)ON1C(=O)CCC1=O.CC(C)(C)CC(=O)ON1C(=O)CCC1=O. The van der Waals surface area contributed by atoms with Gasteiger partial charge in [-0.3, -0.25) is 19.2 Å². The molecule has 2 heterocycles. The van der Waals surface area contributed by atoms with Crippen molar-refractivity contribution in [2.24, 2.45) is 10.8 Å². The first-order chi connectivity index (χ1) is 13.1. The van der Waals surface area contributed by atoms with E-state index in [1.54, 1.807) is 20.8 Å². The highest BCUT2D eigenvalue weighted by molar-refractivity contribution is 6.02. The molecule has 2 rings (SSSR count). The number of carbonyl (C=O) groups is 6. The van der Waals surface area contributed by atoms with Gasteiger partial charge >= 0.3 is 11.9 Å². The molecule has 2 aliphatic heterocycles. The van der Waals surface area contributed by atoms with E-state index in [1.807, 2.05) is 20.8 Å². The minimum Gasteiger partial charge on any atom is -0.330 e. The summed E-state index contributed by atoms with van der Waals surface area (Å²) in [6.07, 6.45) is 0.667. The lowest BCUT2D eigenvalue weighted by Crippen LogP contribution is -2.36. The van der Waals surface area contributed by atoms with Crippen LogP contribution in [0.15, 0.2) is 0 Å². The van der Waals surface area contributed by atoms with Gasteiger partial charge in [-0.25, -0.2) is 9.59 Å². The summed E-state index contributed by atoms with van der Waals surface area (Å²) in [4.78, 5) is 76.5. The predicted molar refractivity (Wildman–Crippen MR) is 97.9 cm³/mol. The van der Waals surface area contributed by atoms with Gasteiger partial charge in [0.15, 0.2) is 0 Å². The second kappa shape index (κ2) is 9.15. The molecule has 2 fully saturated rings. The van der Waals surface area contributed by atoms with Gasteiger partial charge in [0.25, 0.3) is 23.6 Å². The van der Waals surface area contributed by atoms with Crippen LogP contribution in [-0.4, -0.2) is 45.7 Å². The predicted octanol–water partition coefficient (Wildman–Crippen LogP) is 1.67. The fraction of sp³-hybridized carbons (Fsp3) is 0.684. The highest BCUT2D eigenvalue weighted by Gasteiger charge is 2.36. The average molecular weight is 412 g/mol. The Morgan fingerprint density at radius 1 is 0.724 bits per heavy atom. The number of hydrogen-bond acceptors (Lipinski definition) is 8. The Morgan fingerprint density at radius 2 is 1.07 bits per heavy atom. The van der Waals surface area contributed by atoms with Crippen molar-refractivity contribution >= 4 is 35.6 Å². The zero-order chi connectivity index (χ0) is 22.6. The molecule has 0 spiro atoms. The molecule has 0 radical (unpaired) electrons. The molecule has 2 aliphatic rings. The van der Waals surface area contributed by atoms with Gasteiger partial charge in [-0.15, -0.1) is 10.1 Å². The van der Waals surface area contributed by atoms with Crippen LogP contribution >= 0.6 is 0 Å². The zero-order valence-corrected chi connectivity index (χ0v) is 17.7. The fourth-order valence-electron chi connectivity index (χ4n) is 2.10. The summed E-state index contributed by atoms with van der Waals surface area (Å²) < 4.78 is 0. The van der Waals surface area contributed by atoms with E-state index in [9.17, 15) is 28.8 Å². The molecule has 0 atom stereocenters. The van der Waals surface area contributed by atoms with E-state index in [-0.39, 0.29) is 37.5 Å². The van der Waals surface area contributed by atoms with E-state index < -0.39 is 41.0 Å². The maximum atomic E-state index is 11.3. The molecular formula is C19H28N2O8. The Kier molecular flexibility index (Phi) is 7.65. The maximum absolute atomic E-state index is 11.3. The molecule has 162 valence electrons. The van der Waals surface area contributed by atoms with E-state index in [4.69, 9.17) is 9.68 Å². The van der Waals surface area contributed by atoms with Crippen LogP contribution in [0.25, 0.3) is 0 Å². The van der Waals surface area contributed by atoms with Gasteiger partial charge in [0, 0.05) is 25.7 Å². The lowest BCUT2D eigenvalue weighted by Gasteiger charge is -2.19. The van der Waals surface area contributed by atoms with Gasteiger partial charge in [0.05, 0.1) is 11.8 Å². The molecule has 10 nitrogen and oxygen atoms in total. The monoisotopic (exact) mass is 412 g/mol. The molecule has 0 aromatic rings. The van der Waals surface area contributed by atoms with Crippen LogP contribution in [0.4, 0.5) is 0 Å². The standard InChI is InChI=1S/C10H15NO4.C9H13NO4/c1-10(2,3)6-9(14)15-11-7(12)4-5-8(11)13;1-9(2,3)8(13)14-10-6(11)4-5-7(10)12/h4-6H2,1-3H3;4-5H2,1-3H3. The van der Waals surface area contributed by atoms with E-state index in [1.165, 1.54) is 0 Å². The summed E-state index contributed by atoms with van der Waals surface area (Å²) in [6.45, 7) is 10.6. The molecular weight excluding hydrogens is 384 g/mol. The largest absolute Gasteiger partial charge is 0.338 e. The Hall–Kier alpha value is -2.78. The number of hydroxylamine groups is 4. The summed E-state index contributed by atoms with van der Waals surface area (Å²) in [5.41, 5.74) is -0.938. The highest BCUT2D eigenvalue weighted by atomic mass is 16.7. The lowest BCUT2D eigenvalue weighted by molar-refractivity contribution is -0.203. The average Bonchev–Trinajstić information content (AvgIpc) is 3.03. The first-order valence-corrected chi connectivity index (χ1v) is 9.26. The maximum Gasteiger partial charge on any atom is 0.338 e. The molecule has 0 aromatic carbocycles. The third-order valence-corrected chi connectivity index (χ3v) is 3.67. The van der Waals surface area contributed by atoms with Gasteiger partial charge < -0.3 is 9.68 Å². The van der Waals surface area contributed by atoms with Crippen molar-refractivity contribution in [1.29, 1.82) is 0 Å². The fourth-order valence-corrected chi connectivity index (χ4v) is 2.10. The molecule has 2 saturated heterocycles. The number of nitrogens with zero attached hydrogens (tertiary/aromatic N) is 2. The van der Waals surface area contributed by atoms with Gasteiger partial charge in [0.1, 0.15) is 0 Å². The normalized spacial score (nSPS) is 17.3. The summed E-state index contributed by atoms with van der Waals surface area (Å²) in [5.74, 6) is -2.92. The van der Waals surface area contributed by atoms with Crippen LogP contribution in [0.2, 0.25) is 0 Å². The molecule has 0 aliphatic carbocycles. The quantitative estimate of drug-likeness (QED) is 0.641. The smallest absolute Gasteiger partial charge is 0.330 e. The summed E-state index contributed by atoms with van der Waals surface area (Å²) >= 11 is 0. The lowest BCUT2D eigenvalue weighted by atomic mass is 9.93. The molecule has 0 unspecified atom stereocenters. The Morgan fingerprint density at radius 3 is 1.38 bits per heavy atom. The topological polar surface area (TPSA) is 127 Å². The first kappa shape index (κ1) is 24.3. The van der Waals surface area contributed by atoms with Crippen LogP contribution in [0, 0.1) is 10.8 Å². The third-order valence-electron chi connectivity index (χ3n) is 3.67. The number of rotatable bonds is 3. The third kappa shape index (κ3) is 7.63. The highest BCUT2D eigenvalue weighted by Crippen LogP contribution is 2.21. The summed E-state index contributed by atoms with van der Waals surface area (Å²) in [7, 11) is 0. The summed E-state index contributed by atoms with van der Waals surface area (Å²) in [5, 5.41) is 1.14. The van der Waals surface area contributed by atoms with Crippen molar-refractivity contribution in [1.82, 2.24) is 10.1 Å². The molecule has 10 heteroatoms. The van der Waals surface area contributed by atoms with Crippen molar-refractivity contribution in [2.75, 3.05) is 0 Å². The molecule has 0 aromatic heterocycles. The van der Waals surface area contributed by atoms with Crippen molar-refractivity contribution in [3.8, 4) is 0 Å². The van der Waals surface area contributed by atoms with E-state index in [0.717, 1.165) is 0 Å². The number of hydrogen-bond donors (Lipinski definition) is 0. The van der Waals surface area contributed by atoms with Crippen LogP contribution in [0.5, 0.6) is 0 Å². The molecule has 0 saturated carbocycles. The van der Waals surface area contributed by atoms with Crippen molar-refractivity contribution in [3.05, 3.63) is 0 Å². The van der Waals surface area contributed by atoms with E-state index in [2.05, 4.69) is 0 Å². The number of amides is 4. The first-order valence-electron chi connectivity index (χ1n) is 9.26. The Balaban J connectivity index is 0.000000291. The van der Waals surface area contributed by atoms with Crippen LogP contribution in [-0.2, 0) is 38.4 Å². The molecule has 29 heavy (non-hydrogen) atoms. The molecule has 4 amide bonds. The van der Waals surface area contributed by atoms with Crippen molar-refractivity contribution in [3.63, 3.8) is 0 Å². The zero-order valence-electron chi connectivity index (χ0n) is 17.7. The minimum absolute atomic E-state index is 0.121. The Labute approximate surface area is 169 Å². The van der Waals surface area contributed by atoms with Gasteiger partial charge in [-0.05, 0) is 26.2 Å². The van der Waals surface area contributed by atoms with Crippen molar-refractivity contribution < 1.29 is 38.4 Å². The van der Waals surface area contributed by atoms with Gasteiger partial charge in [0.2, 0.25) is 0 Å². The summed E-state index contributed by atoms with van der Waals surface area (Å²) in [6, 6.07) is 0. The van der Waals surface area contributed by atoms with Crippen LogP contribution in [0.3, 0.4) is 0 Å². The Bertz CT molecular complexity index is 683.